The van der Waals surface area contributed by atoms with E-state index in [2.05, 4.69) is 4.85 Å². The topological polar surface area (TPSA) is 39.9 Å². The summed E-state index contributed by atoms with van der Waals surface area (Å²) in [7, 11) is 1.35. The van der Waals surface area contributed by atoms with Gasteiger partial charge in [-0.2, -0.15) is 0 Å². The Morgan fingerprint density at radius 1 is 1.33 bits per heavy atom. The van der Waals surface area contributed by atoms with Crippen LogP contribution in [-0.4, -0.2) is 13.1 Å². The fourth-order valence-electron chi connectivity index (χ4n) is 3.13. The van der Waals surface area contributed by atoms with Crippen LogP contribution in [-0.2, 0) is 26.5 Å². The molecule has 1 aliphatic rings. The minimum absolute atomic E-state index is 0.178. The second-order valence-corrected chi connectivity index (χ2v) is 5.65. The molecule has 0 spiro atoms. The Morgan fingerprint density at radius 3 is 2.75 bits per heavy atom. The number of rotatable bonds is 4. The fraction of sp³-hybridized carbons (Fsp3) is 0.263. The van der Waals surface area contributed by atoms with E-state index < -0.39 is 5.60 Å². The Kier molecular flexibility index (Phi) is 4.32. The Balaban J connectivity index is 2.07. The lowest BCUT2D eigenvalue weighted by Crippen LogP contribution is -2.28. The van der Waals surface area contributed by atoms with E-state index in [-0.39, 0.29) is 18.2 Å². The molecule has 0 fully saturated rings. The van der Waals surface area contributed by atoms with Crippen molar-refractivity contribution < 1.29 is 18.7 Å². The van der Waals surface area contributed by atoms with Gasteiger partial charge in [-0.3, -0.25) is 4.79 Å². The second-order valence-electron chi connectivity index (χ2n) is 5.65. The monoisotopic (exact) mass is 325 g/mol. The van der Waals surface area contributed by atoms with Crippen LogP contribution in [0, 0.1) is 12.4 Å². The van der Waals surface area contributed by atoms with Crippen molar-refractivity contribution >= 4 is 11.7 Å². The number of fused-ring (bicyclic) bond motifs is 1. The maximum atomic E-state index is 13.3. The minimum Gasteiger partial charge on any atom is -0.469 e. The number of halogens is 1. The molecule has 0 saturated carbocycles. The van der Waals surface area contributed by atoms with Gasteiger partial charge < -0.3 is 9.47 Å². The van der Waals surface area contributed by atoms with Crippen LogP contribution in [0.4, 0.5) is 10.1 Å². The average molecular weight is 325 g/mol. The van der Waals surface area contributed by atoms with E-state index in [1.54, 1.807) is 24.3 Å². The third-order valence-corrected chi connectivity index (χ3v) is 4.35. The minimum atomic E-state index is -0.836. The third kappa shape index (κ3) is 2.77. The fourth-order valence-corrected chi connectivity index (χ4v) is 3.13. The Bertz CT molecular complexity index is 810. The van der Waals surface area contributed by atoms with Crippen LogP contribution in [0.2, 0.25) is 0 Å². The molecule has 0 radical (unpaired) electrons. The highest BCUT2D eigenvalue weighted by Crippen LogP contribution is 2.46. The molecule has 1 atom stereocenters. The summed E-state index contributed by atoms with van der Waals surface area (Å²) in [4.78, 5) is 15.1. The highest BCUT2D eigenvalue weighted by atomic mass is 19.1. The maximum absolute atomic E-state index is 13.3. The average Bonchev–Trinajstić information content (AvgIpc) is 2.99. The number of benzene rings is 2. The van der Waals surface area contributed by atoms with Crippen LogP contribution in [0.1, 0.15) is 29.5 Å². The summed E-state index contributed by atoms with van der Waals surface area (Å²) in [6, 6.07) is 11.5. The molecule has 5 heteroatoms. The number of esters is 1. The number of nitrogens with zero attached hydrogens (tertiary/aromatic N) is 1. The molecule has 24 heavy (non-hydrogen) atoms. The van der Waals surface area contributed by atoms with Crippen LogP contribution in [0.25, 0.3) is 4.85 Å². The lowest BCUT2D eigenvalue weighted by Gasteiger charge is -2.30. The van der Waals surface area contributed by atoms with Crippen LogP contribution in [0.3, 0.4) is 0 Å². The Labute approximate surface area is 139 Å². The molecule has 0 aliphatic carbocycles. The molecule has 2 aromatic rings. The largest absolute Gasteiger partial charge is 0.469 e. The predicted octanol–water partition coefficient (Wildman–Crippen LogP) is 4.10. The molecule has 0 saturated heterocycles. The normalized spacial score (nSPS) is 18.7. The summed E-state index contributed by atoms with van der Waals surface area (Å²) in [5, 5.41) is 0. The molecule has 0 amide bonds. The summed E-state index contributed by atoms with van der Waals surface area (Å²) in [6.45, 7) is 7.48. The van der Waals surface area contributed by atoms with Crippen molar-refractivity contribution in [2.75, 3.05) is 7.11 Å². The lowest BCUT2D eigenvalue weighted by atomic mass is 9.82. The van der Waals surface area contributed by atoms with Crippen molar-refractivity contribution in [3.05, 3.63) is 76.4 Å². The summed E-state index contributed by atoms with van der Waals surface area (Å²) >= 11 is 0. The Morgan fingerprint density at radius 2 is 2.08 bits per heavy atom. The zero-order valence-corrected chi connectivity index (χ0v) is 13.2. The van der Waals surface area contributed by atoms with Crippen molar-refractivity contribution in [1.82, 2.24) is 0 Å². The smallest absolute Gasteiger partial charge is 0.305 e. The highest BCUT2D eigenvalue weighted by Gasteiger charge is 2.42. The van der Waals surface area contributed by atoms with Crippen LogP contribution in [0.5, 0.6) is 0 Å². The van der Waals surface area contributed by atoms with Gasteiger partial charge in [-0.25, -0.2) is 9.24 Å². The summed E-state index contributed by atoms with van der Waals surface area (Å²) < 4.78 is 24.2. The van der Waals surface area contributed by atoms with E-state index in [0.29, 0.717) is 18.7 Å². The van der Waals surface area contributed by atoms with Crippen LogP contribution in [0.15, 0.2) is 42.5 Å². The third-order valence-electron chi connectivity index (χ3n) is 4.35. The molecule has 1 unspecified atom stereocenters. The molecule has 0 aromatic heterocycles. The van der Waals surface area contributed by atoms with Gasteiger partial charge in [0, 0.05) is 6.42 Å². The van der Waals surface area contributed by atoms with Crippen molar-refractivity contribution in [3.63, 3.8) is 0 Å². The van der Waals surface area contributed by atoms with Crippen molar-refractivity contribution in [1.29, 1.82) is 0 Å². The molecule has 1 aliphatic heterocycles. The number of carbonyl (C=O) groups is 1. The first-order valence-electron chi connectivity index (χ1n) is 7.57. The van der Waals surface area contributed by atoms with Crippen LogP contribution >= 0.6 is 0 Å². The molecule has 0 N–H and O–H groups in total. The van der Waals surface area contributed by atoms with Gasteiger partial charge in [0.2, 0.25) is 0 Å². The van der Waals surface area contributed by atoms with Crippen molar-refractivity contribution in [2.24, 2.45) is 0 Å². The van der Waals surface area contributed by atoms with E-state index >= 15 is 0 Å². The number of ether oxygens (including phenoxy) is 2. The molecule has 0 bridgehead atoms. The molecule has 4 nitrogen and oxygen atoms in total. The van der Waals surface area contributed by atoms with E-state index in [4.69, 9.17) is 16.0 Å². The lowest BCUT2D eigenvalue weighted by molar-refractivity contribution is -0.142. The zero-order valence-electron chi connectivity index (χ0n) is 13.2. The molecule has 122 valence electrons. The first-order chi connectivity index (χ1) is 11.6. The molecular formula is C19H16FNO3. The number of carbonyl (C=O) groups excluding carboxylic acids is 1. The maximum Gasteiger partial charge on any atom is 0.305 e. The molecule has 3 rings (SSSR count). The van der Waals surface area contributed by atoms with E-state index in [1.165, 1.54) is 19.2 Å². The predicted molar refractivity (Wildman–Crippen MR) is 85.9 cm³/mol. The molecule has 1 heterocycles. The summed E-state index contributed by atoms with van der Waals surface area (Å²) in [5.74, 6) is -0.658. The van der Waals surface area contributed by atoms with E-state index in [0.717, 1.165) is 16.7 Å². The van der Waals surface area contributed by atoms with Gasteiger partial charge in [0.1, 0.15) is 11.4 Å². The first-order valence-corrected chi connectivity index (χ1v) is 7.57. The van der Waals surface area contributed by atoms with Crippen molar-refractivity contribution in [2.45, 2.75) is 25.0 Å². The van der Waals surface area contributed by atoms with E-state index in [9.17, 15) is 9.18 Å². The number of hydrogen-bond acceptors (Lipinski definition) is 3. The first kappa shape index (κ1) is 16.2. The van der Waals surface area contributed by atoms with Crippen molar-refractivity contribution in [3.8, 4) is 0 Å². The summed E-state index contributed by atoms with van der Waals surface area (Å²) in [6.07, 6.45) is 0.563. The van der Waals surface area contributed by atoms with Crippen LogP contribution < -0.4 is 0 Å². The molecule has 2 aromatic carbocycles. The second kappa shape index (κ2) is 6.42. The van der Waals surface area contributed by atoms with Gasteiger partial charge in [0.25, 0.3) is 0 Å². The van der Waals surface area contributed by atoms with Gasteiger partial charge in [0.05, 0.1) is 20.3 Å². The standard InChI is InChI=1S/C19H16FNO3/c1-21-16-7-8-17-13(11-16)12-24-19(17,10-9-18(22)23-2)14-3-5-15(20)6-4-14/h3-8,11H,9-10,12H2,2H3. The quantitative estimate of drug-likeness (QED) is 0.627. The SMILES string of the molecule is [C-]#[N+]c1ccc2c(c1)COC2(CCC(=O)OC)c1ccc(F)cc1. The van der Waals surface area contributed by atoms with Gasteiger partial charge in [-0.05, 0) is 35.2 Å². The van der Waals surface area contributed by atoms with Gasteiger partial charge in [-0.15, -0.1) is 0 Å². The zero-order chi connectivity index (χ0) is 17.2. The Hall–Kier alpha value is -2.71. The van der Waals surface area contributed by atoms with E-state index in [1.807, 2.05) is 6.07 Å². The van der Waals surface area contributed by atoms with Gasteiger partial charge >= 0.3 is 5.97 Å². The van der Waals surface area contributed by atoms with Gasteiger partial charge in [-0.1, -0.05) is 30.3 Å². The highest BCUT2D eigenvalue weighted by molar-refractivity contribution is 5.69. The summed E-state index contributed by atoms with van der Waals surface area (Å²) in [5.41, 5.74) is 2.31. The van der Waals surface area contributed by atoms with Gasteiger partial charge in [0.15, 0.2) is 5.69 Å². The number of methoxy groups -OCH3 is 1. The molecular weight excluding hydrogens is 309 g/mol. The number of hydrogen-bond donors (Lipinski definition) is 0.